The van der Waals surface area contributed by atoms with Gasteiger partial charge in [-0.05, 0) is 18.1 Å². The summed E-state index contributed by atoms with van der Waals surface area (Å²) in [6.45, 7) is 3.82. The largest absolute Gasteiger partial charge is 0.497 e. The highest BCUT2D eigenvalue weighted by atomic mass is 16.5. The number of rotatable bonds is 3. The van der Waals surface area contributed by atoms with Gasteiger partial charge in [0.1, 0.15) is 17.4 Å². The molecular weight excluding hydrogens is 242 g/mol. The van der Waals surface area contributed by atoms with E-state index in [2.05, 4.69) is 9.97 Å². The molecule has 0 bridgehead atoms. The van der Waals surface area contributed by atoms with Gasteiger partial charge in [-0.2, -0.15) is 0 Å². The minimum atomic E-state index is -0.194. The first-order valence-corrected chi connectivity index (χ1v) is 6.07. The Bertz CT molecular complexity index is 647. The van der Waals surface area contributed by atoms with Crippen molar-refractivity contribution in [1.82, 2.24) is 9.97 Å². The SMILES string of the molecule is COc1cccc(-c2nc(N)c(C(C)C)c(=O)[nH]2)c1. The van der Waals surface area contributed by atoms with Crippen LogP contribution in [-0.2, 0) is 0 Å². The number of aromatic nitrogens is 2. The van der Waals surface area contributed by atoms with Crippen molar-refractivity contribution in [2.45, 2.75) is 19.8 Å². The van der Waals surface area contributed by atoms with Gasteiger partial charge in [-0.15, -0.1) is 0 Å². The molecule has 2 rings (SSSR count). The molecule has 5 heteroatoms. The van der Waals surface area contributed by atoms with Crippen LogP contribution in [0.5, 0.6) is 5.75 Å². The van der Waals surface area contributed by atoms with Crippen molar-refractivity contribution in [3.05, 3.63) is 40.2 Å². The zero-order valence-electron chi connectivity index (χ0n) is 11.2. The lowest BCUT2D eigenvalue weighted by Gasteiger charge is -2.10. The van der Waals surface area contributed by atoms with E-state index in [1.165, 1.54) is 0 Å². The first kappa shape index (κ1) is 13.1. The number of nitrogen functional groups attached to an aromatic ring is 1. The van der Waals surface area contributed by atoms with E-state index in [0.717, 1.165) is 5.56 Å². The maximum absolute atomic E-state index is 12.0. The fourth-order valence-electron chi connectivity index (χ4n) is 1.96. The van der Waals surface area contributed by atoms with Crippen molar-refractivity contribution in [3.8, 4) is 17.1 Å². The Hall–Kier alpha value is -2.30. The molecule has 0 aliphatic carbocycles. The average Bonchev–Trinajstić information content (AvgIpc) is 2.37. The van der Waals surface area contributed by atoms with E-state index in [-0.39, 0.29) is 17.3 Å². The molecule has 0 fully saturated rings. The van der Waals surface area contributed by atoms with Gasteiger partial charge in [0.25, 0.3) is 5.56 Å². The molecule has 0 radical (unpaired) electrons. The highest BCUT2D eigenvalue weighted by Gasteiger charge is 2.13. The second-order valence-corrected chi connectivity index (χ2v) is 4.60. The summed E-state index contributed by atoms with van der Waals surface area (Å²) in [5.41, 5.74) is 6.96. The highest BCUT2D eigenvalue weighted by Crippen LogP contribution is 2.22. The minimum Gasteiger partial charge on any atom is -0.497 e. The first-order chi connectivity index (χ1) is 9.02. The fraction of sp³-hybridized carbons (Fsp3) is 0.286. The summed E-state index contributed by atoms with van der Waals surface area (Å²) in [7, 11) is 1.59. The van der Waals surface area contributed by atoms with E-state index >= 15 is 0 Å². The summed E-state index contributed by atoms with van der Waals surface area (Å²) < 4.78 is 5.15. The Morgan fingerprint density at radius 1 is 1.37 bits per heavy atom. The lowest BCUT2D eigenvalue weighted by Crippen LogP contribution is -2.19. The van der Waals surface area contributed by atoms with Crippen molar-refractivity contribution in [1.29, 1.82) is 0 Å². The third-order valence-electron chi connectivity index (χ3n) is 2.91. The summed E-state index contributed by atoms with van der Waals surface area (Å²) in [5.74, 6) is 1.46. The van der Waals surface area contributed by atoms with Crippen LogP contribution in [0.15, 0.2) is 29.1 Å². The Morgan fingerprint density at radius 3 is 2.68 bits per heavy atom. The Morgan fingerprint density at radius 2 is 2.11 bits per heavy atom. The van der Waals surface area contributed by atoms with Crippen LogP contribution < -0.4 is 16.0 Å². The Labute approximate surface area is 111 Å². The molecule has 0 atom stereocenters. The molecule has 1 heterocycles. The zero-order valence-corrected chi connectivity index (χ0v) is 11.2. The number of nitrogens with two attached hydrogens (primary N) is 1. The summed E-state index contributed by atoms with van der Waals surface area (Å²) in [4.78, 5) is 19.1. The standard InChI is InChI=1S/C14H17N3O2/c1-8(2)11-12(15)16-13(17-14(11)18)9-5-4-6-10(7-9)19-3/h4-8H,1-3H3,(H3,15,16,17,18). The van der Waals surface area contributed by atoms with Crippen LogP contribution >= 0.6 is 0 Å². The average molecular weight is 259 g/mol. The molecule has 0 spiro atoms. The predicted octanol–water partition coefficient (Wildman–Crippen LogP) is 2.15. The normalized spacial score (nSPS) is 10.7. The van der Waals surface area contributed by atoms with Crippen molar-refractivity contribution >= 4 is 5.82 Å². The number of benzene rings is 1. The van der Waals surface area contributed by atoms with Gasteiger partial charge in [-0.1, -0.05) is 26.0 Å². The van der Waals surface area contributed by atoms with E-state index < -0.39 is 0 Å². The molecule has 0 unspecified atom stereocenters. The second kappa shape index (κ2) is 5.14. The maximum atomic E-state index is 12.0. The van der Waals surface area contributed by atoms with Crippen LogP contribution in [0, 0.1) is 0 Å². The molecule has 100 valence electrons. The van der Waals surface area contributed by atoms with Crippen LogP contribution in [0.3, 0.4) is 0 Å². The second-order valence-electron chi connectivity index (χ2n) is 4.60. The van der Waals surface area contributed by atoms with Gasteiger partial charge < -0.3 is 15.5 Å². The van der Waals surface area contributed by atoms with Crippen molar-refractivity contribution in [2.75, 3.05) is 12.8 Å². The number of nitrogens with zero attached hydrogens (tertiary/aromatic N) is 1. The molecule has 1 aromatic heterocycles. The maximum Gasteiger partial charge on any atom is 0.256 e. The number of hydrogen-bond donors (Lipinski definition) is 2. The highest BCUT2D eigenvalue weighted by molar-refractivity contribution is 5.59. The van der Waals surface area contributed by atoms with Gasteiger partial charge in [0.15, 0.2) is 0 Å². The molecule has 0 aliphatic heterocycles. The topological polar surface area (TPSA) is 81.0 Å². The number of nitrogens with one attached hydrogen (secondary N) is 1. The van der Waals surface area contributed by atoms with Crippen LogP contribution in [0.4, 0.5) is 5.82 Å². The number of aromatic amines is 1. The van der Waals surface area contributed by atoms with Crippen LogP contribution in [-0.4, -0.2) is 17.1 Å². The number of H-pyrrole nitrogens is 1. The number of anilines is 1. The number of methoxy groups -OCH3 is 1. The summed E-state index contributed by atoms with van der Waals surface area (Å²) in [5, 5.41) is 0. The van der Waals surface area contributed by atoms with Gasteiger partial charge in [0, 0.05) is 5.56 Å². The van der Waals surface area contributed by atoms with Crippen molar-refractivity contribution < 1.29 is 4.74 Å². The molecule has 0 saturated carbocycles. The lowest BCUT2D eigenvalue weighted by atomic mass is 10.1. The summed E-state index contributed by atoms with van der Waals surface area (Å²) in [6, 6.07) is 7.30. The molecule has 0 aliphatic rings. The molecule has 3 N–H and O–H groups in total. The van der Waals surface area contributed by atoms with E-state index in [0.29, 0.717) is 17.1 Å². The predicted molar refractivity (Wildman–Crippen MR) is 75.3 cm³/mol. The third-order valence-corrected chi connectivity index (χ3v) is 2.91. The van der Waals surface area contributed by atoms with E-state index in [1.807, 2.05) is 32.0 Å². The van der Waals surface area contributed by atoms with Crippen LogP contribution in [0.2, 0.25) is 0 Å². The first-order valence-electron chi connectivity index (χ1n) is 6.07. The third kappa shape index (κ3) is 2.59. The van der Waals surface area contributed by atoms with Gasteiger partial charge in [-0.3, -0.25) is 4.79 Å². The van der Waals surface area contributed by atoms with Crippen molar-refractivity contribution in [3.63, 3.8) is 0 Å². The van der Waals surface area contributed by atoms with Gasteiger partial charge >= 0.3 is 0 Å². The Balaban J connectivity index is 2.55. The summed E-state index contributed by atoms with van der Waals surface area (Å²) in [6.07, 6.45) is 0. The van der Waals surface area contributed by atoms with Gasteiger partial charge in [-0.25, -0.2) is 4.98 Å². The smallest absolute Gasteiger partial charge is 0.256 e. The van der Waals surface area contributed by atoms with E-state index in [4.69, 9.17) is 10.5 Å². The zero-order chi connectivity index (χ0) is 14.0. The number of hydrogen-bond acceptors (Lipinski definition) is 4. The Kier molecular flexibility index (Phi) is 3.55. The minimum absolute atomic E-state index is 0.0376. The van der Waals surface area contributed by atoms with Crippen molar-refractivity contribution in [2.24, 2.45) is 0 Å². The monoisotopic (exact) mass is 259 g/mol. The molecule has 5 nitrogen and oxygen atoms in total. The van der Waals surface area contributed by atoms with Crippen LogP contribution in [0.1, 0.15) is 25.3 Å². The van der Waals surface area contributed by atoms with E-state index in [1.54, 1.807) is 13.2 Å². The lowest BCUT2D eigenvalue weighted by molar-refractivity contribution is 0.415. The fourth-order valence-corrected chi connectivity index (χ4v) is 1.96. The molecule has 1 aromatic carbocycles. The molecule has 0 saturated heterocycles. The number of ether oxygens (including phenoxy) is 1. The molecule has 0 amide bonds. The molecule has 19 heavy (non-hydrogen) atoms. The van der Waals surface area contributed by atoms with Gasteiger partial charge in [0.05, 0.1) is 12.7 Å². The van der Waals surface area contributed by atoms with Gasteiger partial charge in [0.2, 0.25) is 0 Å². The van der Waals surface area contributed by atoms with E-state index in [9.17, 15) is 4.79 Å². The molecular formula is C14H17N3O2. The quantitative estimate of drug-likeness (QED) is 0.885. The molecule has 2 aromatic rings. The van der Waals surface area contributed by atoms with Crippen LogP contribution in [0.25, 0.3) is 11.4 Å². The summed E-state index contributed by atoms with van der Waals surface area (Å²) >= 11 is 0.